The van der Waals surface area contributed by atoms with Gasteiger partial charge in [-0.1, -0.05) is 0 Å². The van der Waals surface area contributed by atoms with Crippen LogP contribution in [0.1, 0.15) is 18.9 Å². The highest BCUT2D eigenvalue weighted by Gasteiger charge is 2.35. The number of nitrogens with two attached hydrogens (primary N) is 1. The minimum Gasteiger partial charge on any atom is -0.396 e. The summed E-state index contributed by atoms with van der Waals surface area (Å²) in [6.07, 6.45) is 3.02. The van der Waals surface area contributed by atoms with E-state index in [9.17, 15) is 15.0 Å². The molecule has 5 N–H and O–H groups in total. The molecule has 0 saturated heterocycles. The minimum atomic E-state index is -0.360. The smallest absolute Gasteiger partial charge is 0.280 e. The number of nitrogen functional groups attached to an aromatic ring is 1. The Balaban J connectivity index is 2.01. The lowest BCUT2D eigenvalue weighted by atomic mass is 9.98. The van der Waals surface area contributed by atoms with E-state index in [1.165, 1.54) is 0 Å². The number of H-pyrrole nitrogens is 1. The lowest BCUT2D eigenvalue weighted by Gasteiger charge is -2.12. The number of hydrogen-bond donors (Lipinski definition) is 4. The Morgan fingerprint density at radius 2 is 2.00 bits per heavy atom. The van der Waals surface area contributed by atoms with Crippen molar-refractivity contribution in [1.29, 1.82) is 0 Å². The summed E-state index contributed by atoms with van der Waals surface area (Å²) in [6, 6.07) is 0.0583. The second-order valence-electron chi connectivity index (χ2n) is 5.29. The molecule has 0 spiro atoms. The number of aromatic nitrogens is 4. The first-order valence-electron chi connectivity index (χ1n) is 6.58. The first kappa shape index (κ1) is 13.1. The van der Waals surface area contributed by atoms with E-state index in [0.29, 0.717) is 5.65 Å². The van der Waals surface area contributed by atoms with Crippen LogP contribution in [0.3, 0.4) is 0 Å². The summed E-state index contributed by atoms with van der Waals surface area (Å²) >= 11 is 0. The number of anilines is 1. The second-order valence-corrected chi connectivity index (χ2v) is 5.29. The molecule has 2 aromatic rings. The van der Waals surface area contributed by atoms with Crippen molar-refractivity contribution >= 4 is 17.1 Å². The average molecular weight is 279 g/mol. The molecule has 0 bridgehead atoms. The molecule has 0 aromatic carbocycles. The van der Waals surface area contributed by atoms with Crippen LogP contribution in [0.5, 0.6) is 0 Å². The van der Waals surface area contributed by atoms with Crippen LogP contribution in [0.2, 0.25) is 0 Å². The fourth-order valence-electron chi connectivity index (χ4n) is 3.06. The molecular weight excluding hydrogens is 262 g/mol. The molecule has 8 heteroatoms. The van der Waals surface area contributed by atoms with Crippen molar-refractivity contribution in [3.8, 4) is 0 Å². The largest absolute Gasteiger partial charge is 0.396 e. The van der Waals surface area contributed by atoms with Gasteiger partial charge >= 0.3 is 0 Å². The molecule has 0 unspecified atom stereocenters. The zero-order valence-corrected chi connectivity index (χ0v) is 10.9. The van der Waals surface area contributed by atoms with Gasteiger partial charge in [0, 0.05) is 19.3 Å². The van der Waals surface area contributed by atoms with E-state index in [2.05, 4.69) is 15.0 Å². The fraction of sp³-hybridized carbons (Fsp3) is 0.583. The van der Waals surface area contributed by atoms with Crippen LogP contribution in [-0.2, 0) is 0 Å². The Morgan fingerprint density at radius 3 is 2.60 bits per heavy atom. The third-order valence-electron chi connectivity index (χ3n) is 4.13. The van der Waals surface area contributed by atoms with Crippen LogP contribution < -0.4 is 11.3 Å². The average Bonchev–Trinajstić information content (AvgIpc) is 3.01. The number of aromatic amines is 1. The normalized spacial score (nSPS) is 23.7. The summed E-state index contributed by atoms with van der Waals surface area (Å²) in [5.41, 5.74) is 5.92. The number of nitrogens with one attached hydrogen (secondary N) is 1. The highest BCUT2D eigenvalue weighted by atomic mass is 16.3. The maximum absolute atomic E-state index is 11.7. The number of aliphatic hydroxyl groups excluding tert-OH is 2. The molecule has 2 aromatic heterocycles. The van der Waals surface area contributed by atoms with E-state index >= 15 is 0 Å². The monoisotopic (exact) mass is 279 g/mol. The summed E-state index contributed by atoms with van der Waals surface area (Å²) in [5.74, 6) is 0.170. The van der Waals surface area contributed by atoms with Gasteiger partial charge in [-0.25, -0.2) is 4.98 Å². The van der Waals surface area contributed by atoms with Crippen molar-refractivity contribution in [3.63, 3.8) is 0 Å². The van der Waals surface area contributed by atoms with Crippen LogP contribution >= 0.6 is 0 Å². The number of rotatable bonds is 3. The van der Waals surface area contributed by atoms with Crippen molar-refractivity contribution in [2.24, 2.45) is 11.8 Å². The molecule has 20 heavy (non-hydrogen) atoms. The van der Waals surface area contributed by atoms with Crippen LogP contribution in [0.25, 0.3) is 11.2 Å². The molecule has 108 valence electrons. The lowest BCUT2D eigenvalue weighted by molar-refractivity contribution is 0.141. The third-order valence-corrected chi connectivity index (χ3v) is 4.13. The van der Waals surface area contributed by atoms with Gasteiger partial charge in [-0.2, -0.15) is 4.98 Å². The number of imidazole rings is 1. The molecular formula is C12H17N5O3. The molecule has 0 aliphatic heterocycles. The van der Waals surface area contributed by atoms with Gasteiger partial charge in [-0.15, -0.1) is 0 Å². The van der Waals surface area contributed by atoms with Gasteiger partial charge in [0.05, 0.1) is 6.33 Å². The molecule has 3 rings (SSSR count). The summed E-state index contributed by atoms with van der Waals surface area (Å²) in [6.45, 7) is 0.0923. The topological polar surface area (TPSA) is 130 Å². The molecule has 2 heterocycles. The molecule has 0 amide bonds. The summed E-state index contributed by atoms with van der Waals surface area (Å²) in [5, 5.41) is 18.7. The summed E-state index contributed by atoms with van der Waals surface area (Å²) < 4.78 is 1.82. The quantitative estimate of drug-likeness (QED) is 0.585. The fourth-order valence-corrected chi connectivity index (χ4v) is 3.06. The van der Waals surface area contributed by atoms with Gasteiger partial charge in [-0.3, -0.25) is 9.78 Å². The van der Waals surface area contributed by atoms with Crippen molar-refractivity contribution in [2.75, 3.05) is 18.9 Å². The van der Waals surface area contributed by atoms with Gasteiger partial charge in [0.2, 0.25) is 5.95 Å². The molecule has 1 aliphatic carbocycles. The van der Waals surface area contributed by atoms with Gasteiger partial charge in [0.15, 0.2) is 11.2 Å². The Bertz CT molecular complexity index is 667. The standard InChI is InChI=1S/C12H17N5O3/c13-12-15-10-9(11(20)16-12)14-5-17(10)8-1-6(3-18)7(2-8)4-19/h5-8,18-19H,1-4H2,(H3,13,15,16,20)/t6-,7-/m1/s1. The van der Waals surface area contributed by atoms with E-state index in [1.54, 1.807) is 6.33 Å². The molecule has 1 saturated carbocycles. The summed E-state index contributed by atoms with van der Waals surface area (Å²) in [4.78, 5) is 22.4. The van der Waals surface area contributed by atoms with Gasteiger partial charge in [-0.05, 0) is 24.7 Å². The van der Waals surface area contributed by atoms with Gasteiger partial charge < -0.3 is 20.5 Å². The van der Waals surface area contributed by atoms with Crippen molar-refractivity contribution in [2.45, 2.75) is 18.9 Å². The number of nitrogens with zero attached hydrogens (tertiary/aromatic N) is 3. The van der Waals surface area contributed by atoms with Crippen molar-refractivity contribution < 1.29 is 10.2 Å². The van der Waals surface area contributed by atoms with Crippen molar-refractivity contribution in [1.82, 2.24) is 19.5 Å². The minimum absolute atomic E-state index is 0.0461. The predicted molar refractivity (Wildman–Crippen MR) is 72.0 cm³/mol. The van der Waals surface area contributed by atoms with Crippen LogP contribution in [0.4, 0.5) is 5.95 Å². The highest BCUT2D eigenvalue weighted by Crippen LogP contribution is 2.39. The zero-order chi connectivity index (χ0) is 14.3. The number of hydrogen-bond acceptors (Lipinski definition) is 6. The van der Waals surface area contributed by atoms with E-state index in [1.807, 2.05) is 4.57 Å². The van der Waals surface area contributed by atoms with Crippen molar-refractivity contribution in [3.05, 3.63) is 16.7 Å². The Labute approximate surface area is 114 Å². The van der Waals surface area contributed by atoms with Gasteiger partial charge in [0.25, 0.3) is 5.56 Å². The molecule has 1 fully saturated rings. The highest BCUT2D eigenvalue weighted by molar-refractivity contribution is 5.70. The first-order valence-corrected chi connectivity index (χ1v) is 6.58. The second kappa shape index (κ2) is 4.88. The SMILES string of the molecule is Nc1nc2c(ncn2C2C[C@H](CO)[C@@H](CO)C2)c(=O)[nH]1. The van der Waals surface area contributed by atoms with E-state index in [-0.39, 0.29) is 48.1 Å². The van der Waals surface area contributed by atoms with Gasteiger partial charge in [0.1, 0.15) is 0 Å². The molecule has 2 atom stereocenters. The summed E-state index contributed by atoms with van der Waals surface area (Å²) in [7, 11) is 0. The van der Waals surface area contributed by atoms with Crippen LogP contribution in [0.15, 0.2) is 11.1 Å². The molecule has 8 nitrogen and oxygen atoms in total. The van der Waals surface area contributed by atoms with Crippen LogP contribution in [0, 0.1) is 11.8 Å². The van der Waals surface area contributed by atoms with Crippen LogP contribution in [-0.4, -0.2) is 42.9 Å². The van der Waals surface area contributed by atoms with E-state index in [0.717, 1.165) is 12.8 Å². The Kier molecular flexibility index (Phi) is 3.19. The number of aliphatic hydroxyl groups is 2. The maximum atomic E-state index is 11.7. The number of fused-ring (bicyclic) bond motifs is 1. The lowest BCUT2D eigenvalue weighted by Crippen LogP contribution is -2.15. The predicted octanol–water partition coefficient (Wildman–Crippen LogP) is -0.746. The Hall–Kier alpha value is -1.93. The van der Waals surface area contributed by atoms with E-state index in [4.69, 9.17) is 5.73 Å². The molecule has 0 radical (unpaired) electrons. The third kappa shape index (κ3) is 1.97. The maximum Gasteiger partial charge on any atom is 0.280 e. The zero-order valence-electron chi connectivity index (χ0n) is 10.9. The Morgan fingerprint density at radius 1 is 1.35 bits per heavy atom. The molecule has 1 aliphatic rings. The first-order chi connectivity index (χ1) is 9.63. The van der Waals surface area contributed by atoms with E-state index < -0.39 is 0 Å².